The molecule has 110 valence electrons. The first kappa shape index (κ1) is 13.4. The van der Waals surface area contributed by atoms with E-state index in [1.54, 1.807) is 0 Å². The molecule has 0 amide bonds. The molecule has 2 N–H and O–H groups in total. The molecule has 0 atom stereocenters. The van der Waals surface area contributed by atoms with Crippen molar-refractivity contribution in [1.29, 1.82) is 0 Å². The number of hydrogen-bond acceptors (Lipinski definition) is 6. The topological polar surface area (TPSA) is 66.0 Å². The molecule has 1 aromatic rings. The highest BCUT2D eigenvalue weighted by molar-refractivity contribution is 5.43. The van der Waals surface area contributed by atoms with Crippen molar-refractivity contribution in [2.24, 2.45) is 5.92 Å². The Morgan fingerprint density at radius 1 is 1.05 bits per heavy atom. The van der Waals surface area contributed by atoms with Gasteiger partial charge in [0, 0.05) is 26.7 Å². The number of nitrogens with one attached hydrogen (secondary N) is 2. The Kier molecular flexibility index (Phi) is 4.18. The van der Waals surface area contributed by atoms with E-state index in [0.717, 1.165) is 31.5 Å². The Balaban J connectivity index is 1.67. The SMILES string of the molecule is CNc1nc(NCCC2CC2)nc(N2CCCCC2)n1. The molecule has 0 unspecified atom stereocenters. The second kappa shape index (κ2) is 6.24. The molecule has 2 heterocycles. The molecule has 2 aliphatic rings. The van der Waals surface area contributed by atoms with Gasteiger partial charge < -0.3 is 15.5 Å². The molecule has 0 bridgehead atoms. The van der Waals surface area contributed by atoms with Crippen molar-refractivity contribution in [3.8, 4) is 0 Å². The highest BCUT2D eigenvalue weighted by atomic mass is 15.3. The predicted octanol–water partition coefficient (Wildman–Crippen LogP) is 2.12. The van der Waals surface area contributed by atoms with E-state index in [9.17, 15) is 0 Å². The average Bonchev–Trinajstić information content (AvgIpc) is 3.32. The number of hydrogen-bond donors (Lipinski definition) is 2. The van der Waals surface area contributed by atoms with Crippen LogP contribution in [0.3, 0.4) is 0 Å². The summed E-state index contributed by atoms with van der Waals surface area (Å²) in [5.41, 5.74) is 0. The maximum atomic E-state index is 4.57. The Morgan fingerprint density at radius 3 is 2.50 bits per heavy atom. The smallest absolute Gasteiger partial charge is 0.231 e. The summed E-state index contributed by atoms with van der Waals surface area (Å²) in [6.45, 7) is 3.06. The van der Waals surface area contributed by atoms with Gasteiger partial charge in [-0.1, -0.05) is 12.8 Å². The monoisotopic (exact) mass is 276 g/mol. The van der Waals surface area contributed by atoms with Crippen LogP contribution in [0.1, 0.15) is 38.5 Å². The standard InChI is InChI=1S/C14H24N6/c1-15-12-17-13(16-8-7-11-5-6-11)19-14(18-12)20-9-3-2-4-10-20/h11H,2-10H2,1H3,(H2,15,16,17,18,19). The normalized spacial score (nSPS) is 18.9. The van der Waals surface area contributed by atoms with E-state index >= 15 is 0 Å². The second-order valence-electron chi connectivity index (χ2n) is 5.74. The minimum atomic E-state index is 0.648. The number of anilines is 3. The van der Waals surface area contributed by atoms with Crippen molar-refractivity contribution >= 4 is 17.8 Å². The number of aromatic nitrogens is 3. The van der Waals surface area contributed by atoms with Crippen LogP contribution in [0.25, 0.3) is 0 Å². The van der Waals surface area contributed by atoms with Crippen molar-refractivity contribution < 1.29 is 0 Å². The molecule has 3 rings (SSSR count). The molecule has 6 nitrogen and oxygen atoms in total. The number of piperidine rings is 1. The first-order chi connectivity index (χ1) is 9.85. The van der Waals surface area contributed by atoms with E-state index in [1.165, 1.54) is 38.5 Å². The van der Waals surface area contributed by atoms with Crippen LogP contribution < -0.4 is 15.5 Å². The van der Waals surface area contributed by atoms with Crippen LogP contribution in [-0.2, 0) is 0 Å². The van der Waals surface area contributed by atoms with Crippen LogP contribution in [0.2, 0.25) is 0 Å². The molecule has 20 heavy (non-hydrogen) atoms. The largest absolute Gasteiger partial charge is 0.357 e. The molecule has 1 aliphatic carbocycles. The zero-order valence-electron chi connectivity index (χ0n) is 12.2. The van der Waals surface area contributed by atoms with Crippen LogP contribution in [0, 0.1) is 5.92 Å². The second-order valence-corrected chi connectivity index (χ2v) is 5.74. The lowest BCUT2D eigenvalue weighted by molar-refractivity contribution is 0.568. The third-order valence-corrected chi connectivity index (χ3v) is 4.02. The Bertz CT molecular complexity index is 439. The Hall–Kier alpha value is -1.59. The number of rotatable bonds is 6. The summed E-state index contributed by atoms with van der Waals surface area (Å²) in [4.78, 5) is 15.7. The molecule has 0 aromatic carbocycles. The molecule has 0 radical (unpaired) electrons. The van der Waals surface area contributed by atoms with Gasteiger partial charge in [-0.15, -0.1) is 0 Å². The lowest BCUT2D eigenvalue weighted by Gasteiger charge is -2.26. The molecular formula is C14H24N6. The van der Waals surface area contributed by atoms with Gasteiger partial charge in [0.2, 0.25) is 17.8 Å². The fourth-order valence-corrected chi connectivity index (χ4v) is 2.59. The fraction of sp³-hybridized carbons (Fsp3) is 0.786. The first-order valence-electron chi connectivity index (χ1n) is 7.78. The summed E-state index contributed by atoms with van der Waals surface area (Å²) in [7, 11) is 1.85. The maximum absolute atomic E-state index is 4.57. The first-order valence-corrected chi connectivity index (χ1v) is 7.78. The van der Waals surface area contributed by atoms with Gasteiger partial charge in [-0.3, -0.25) is 0 Å². The molecule has 1 saturated heterocycles. The molecular weight excluding hydrogens is 252 g/mol. The van der Waals surface area contributed by atoms with Crippen molar-refractivity contribution in [2.45, 2.75) is 38.5 Å². The predicted molar refractivity (Wildman–Crippen MR) is 81.3 cm³/mol. The zero-order chi connectivity index (χ0) is 13.8. The zero-order valence-corrected chi connectivity index (χ0v) is 12.2. The average molecular weight is 276 g/mol. The molecule has 1 aliphatic heterocycles. The van der Waals surface area contributed by atoms with Gasteiger partial charge in [-0.05, 0) is 31.6 Å². The summed E-state index contributed by atoms with van der Waals surface area (Å²) in [6, 6.07) is 0. The third kappa shape index (κ3) is 3.49. The Morgan fingerprint density at radius 2 is 1.80 bits per heavy atom. The van der Waals surface area contributed by atoms with Crippen LogP contribution >= 0.6 is 0 Å². The van der Waals surface area contributed by atoms with Gasteiger partial charge in [0.15, 0.2) is 0 Å². The van der Waals surface area contributed by atoms with Crippen molar-refractivity contribution in [3.63, 3.8) is 0 Å². The molecule has 0 spiro atoms. The van der Waals surface area contributed by atoms with E-state index < -0.39 is 0 Å². The van der Waals surface area contributed by atoms with Crippen molar-refractivity contribution in [3.05, 3.63) is 0 Å². The number of nitrogens with zero attached hydrogens (tertiary/aromatic N) is 4. The summed E-state index contributed by atoms with van der Waals surface area (Å²) >= 11 is 0. The summed E-state index contributed by atoms with van der Waals surface area (Å²) < 4.78 is 0. The molecule has 1 aromatic heterocycles. The minimum Gasteiger partial charge on any atom is -0.357 e. The van der Waals surface area contributed by atoms with Crippen molar-refractivity contribution in [1.82, 2.24) is 15.0 Å². The van der Waals surface area contributed by atoms with E-state index in [0.29, 0.717) is 11.9 Å². The Labute approximate surface area is 120 Å². The van der Waals surface area contributed by atoms with Gasteiger partial charge in [-0.2, -0.15) is 15.0 Å². The molecule has 1 saturated carbocycles. The molecule has 2 fully saturated rings. The lowest BCUT2D eigenvalue weighted by Crippen LogP contribution is -2.31. The van der Waals surface area contributed by atoms with Gasteiger partial charge >= 0.3 is 0 Å². The quantitative estimate of drug-likeness (QED) is 0.829. The summed E-state index contributed by atoms with van der Waals surface area (Å²) in [5.74, 6) is 3.08. The summed E-state index contributed by atoms with van der Waals surface area (Å²) in [6.07, 6.45) is 7.77. The maximum Gasteiger partial charge on any atom is 0.231 e. The van der Waals surface area contributed by atoms with Gasteiger partial charge in [0.05, 0.1) is 0 Å². The van der Waals surface area contributed by atoms with Crippen molar-refractivity contribution in [2.75, 3.05) is 42.2 Å². The van der Waals surface area contributed by atoms with Gasteiger partial charge in [0.1, 0.15) is 0 Å². The van der Waals surface area contributed by atoms with Gasteiger partial charge in [-0.25, -0.2) is 0 Å². The highest BCUT2D eigenvalue weighted by Crippen LogP contribution is 2.32. The van der Waals surface area contributed by atoms with E-state index in [-0.39, 0.29) is 0 Å². The summed E-state index contributed by atoms with van der Waals surface area (Å²) in [5, 5.41) is 6.37. The fourth-order valence-electron chi connectivity index (χ4n) is 2.59. The third-order valence-electron chi connectivity index (χ3n) is 4.02. The van der Waals surface area contributed by atoms with Crippen LogP contribution in [0.15, 0.2) is 0 Å². The van der Waals surface area contributed by atoms with E-state index in [2.05, 4.69) is 30.5 Å². The van der Waals surface area contributed by atoms with Crippen LogP contribution in [-0.4, -0.2) is 41.6 Å². The van der Waals surface area contributed by atoms with Gasteiger partial charge in [0.25, 0.3) is 0 Å². The van der Waals surface area contributed by atoms with E-state index in [4.69, 9.17) is 0 Å². The lowest BCUT2D eigenvalue weighted by atomic mass is 10.1. The van der Waals surface area contributed by atoms with E-state index in [1.807, 2.05) is 7.05 Å². The highest BCUT2D eigenvalue weighted by Gasteiger charge is 2.21. The van der Waals surface area contributed by atoms with Crippen LogP contribution in [0.5, 0.6) is 0 Å². The molecule has 6 heteroatoms. The minimum absolute atomic E-state index is 0.648. The van der Waals surface area contributed by atoms with Crippen LogP contribution in [0.4, 0.5) is 17.8 Å².